The van der Waals surface area contributed by atoms with Gasteiger partial charge >= 0.3 is 5.97 Å². The summed E-state index contributed by atoms with van der Waals surface area (Å²) in [5.41, 5.74) is 0. The van der Waals surface area contributed by atoms with Gasteiger partial charge in [-0.1, -0.05) is 0 Å². The standard InChI is InChI=1S/C15H18N4O3S/c1-18(7-4-12(20)21)15(22)11-3-2-6-19(11)13-10-5-8-23-14(10)17-9-16-13/h5,8-9,11H,2-4,6-7H2,1H3,(H,20,21). The summed E-state index contributed by atoms with van der Waals surface area (Å²) >= 11 is 1.55. The fraction of sp³-hybridized carbons (Fsp3) is 0.467. The fourth-order valence-corrected chi connectivity index (χ4v) is 3.64. The summed E-state index contributed by atoms with van der Waals surface area (Å²) < 4.78 is 0. The number of anilines is 1. The number of rotatable bonds is 5. The van der Waals surface area contributed by atoms with Gasteiger partial charge in [-0.05, 0) is 24.3 Å². The predicted octanol–water partition coefficient (Wildman–Crippen LogP) is 1.59. The molecule has 1 N–H and O–H groups in total. The van der Waals surface area contributed by atoms with Gasteiger partial charge in [0.1, 0.15) is 23.0 Å². The number of carbonyl (C=O) groups excluding carboxylic acids is 1. The lowest BCUT2D eigenvalue weighted by molar-refractivity contribution is -0.138. The maximum absolute atomic E-state index is 12.7. The summed E-state index contributed by atoms with van der Waals surface area (Å²) in [6.07, 6.45) is 3.16. The average molecular weight is 334 g/mol. The number of amides is 1. The normalized spacial score (nSPS) is 17.6. The van der Waals surface area contributed by atoms with Crippen molar-refractivity contribution in [1.29, 1.82) is 0 Å². The molecule has 0 aromatic carbocycles. The lowest BCUT2D eigenvalue weighted by Gasteiger charge is -2.28. The SMILES string of the molecule is CN(CCC(=O)O)C(=O)C1CCCN1c1ncnc2sccc12. The molecule has 2 aromatic heterocycles. The Morgan fingerprint density at radius 3 is 3.09 bits per heavy atom. The number of aliphatic carboxylic acids is 1. The second kappa shape index (κ2) is 6.49. The molecule has 0 aliphatic carbocycles. The van der Waals surface area contributed by atoms with Crippen LogP contribution in [0.15, 0.2) is 17.8 Å². The second-order valence-corrected chi connectivity index (χ2v) is 6.49. The number of hydrogen-bond donors (Lipinski definition) is 1. The van der Waals surface area contributed by atoms with Crippen molar-refractivity contribution >= 4 is 39.2 Å². The van der Waals surface area contributed by atoms with Crippen LogP contribution in [0.5, 0.6) is 0 Å². The number of carbonyl (C=O) groups is 2. The highest BCUT2D eigenvalue weighted by atomic mass is 32.1. The fourth-order valence-electron chi connectivity index (χ4n) is 2.91. The van der Waals surface area contributed by atoms with E-state index in [2.05, 4.69) is 9.97 Å². The smallest absolute Gasteiger partial charge is 0.305 e. The zero-order valence-corrected chi connectivity index (χ0v) is 13.6. The third kappa shape index (κ3) is 3.12. The van der Waals surface area contributed by atoms with Crippen molar-refractivity contribution in [2.45, 2.75) is 25.3 Å². The Morgan fingerprint density at radius 2 is 2.30 bits per heavy atom. The van der Waals surface area contributed by atoms with Gasteiger partial charge in [-0.3, -0.25) is 9.59 Å². The molecule has 122 valence electrons. The van der Waals surface area contributed by atoms with E-state index >= 15 is 0 Å². The van der Waals surface area contributed by atoms with Gasteiger partial charge in [0.2, 0.25) is 5.91 Å². The molecule has 1 fully saturated rings. The summed E-state index contributed by atoms with van der Waals surface area (Å²) in [6.45, 7) is 0.987. The van der Waals surface area contributed by atoms with Crippen molar-refractivity contribution in [2.75, 3.05) is 25.0 Å². The molecule has 1 amide bonds. The molecule has 23 heavy (non-hydrogen) atoms. The Kier molecular flexibility index (Phi) is 4.42. The Morgan fingerprint density at radius 1 is 1.48 bits per heavy atom. The van der Waals surface area contributed by atoms with Gasteiger partial charge in [-0.25, -0.2) is 9.97 Å². The van der Waals surface area contributed by atoms with Gasteiger partial charge in [0.15, 0.2) is 0 Å². The van der Waals surface area contributed by atoms with Gasteiger partial charge in [0.25, 0.3) is 0 Å². The van der Waals surface area contributed by atoms with Crippen LogP contribution in [0.1, 0.15) is 19.3 Å². The first-order valence-corrected chi connectivity index (χ1v) is 8.37. The molecule has 1 atom stereocenters. The molecule has 7 nitrogen and oxygen atoms in total. The number of hydrogen-bond acceptors (Lipinski definition) is 6. The van der Waals surface area contributed by atoms with Gasteiger partial charge < -0.3 is 14.9 Å². The number of carboxylic acids is 1. The zero-order chi connectivity index (χ0) is 16.4. The van der Waals surface area contributed by atoms with Crippen LogP contribution in [0.2, 0.25) is 0 Å². The van der Waals surface area contributed by atoms with Gasteiger partial charge in [-0.15, -0.1) is 11.3 Å². The number of nitrogens with zero attached hydrogens (tertiary/aromatic N) is 4. The Hall–Kier alpha value is -2.22. The minimum Gasteiger partial charge on any atom is -0.481 e. The first-order valence-electron chi connectivity index (χ1n) is 7.49. The first kappa shape index (κ1) is 15.7. The number of aromatic nitrogens is 2. The van der Waals surface area contributed by atoms with E-state index in [0.717, 1.165) is 35.4 Å². The molecular weight excluding hydrogens is 316 g/mol. The molecule has 1 unspecified atom stereocenters. The van der Waals surface area contributed by atoms with Crippen molar-refractivity contribution in [3.8, 4) is 0 Å². The molecule has 1 aliphatic rings. The highest BCUT2D eigenvalue weighted by molar-refractivity contribution is 7.16. The van der Waals surface area contributed by atoms with Crippen LogP contribution >= 0.6 is 11.3 Å². The quantitative estimate of drug-likeness (QED) is 0.893. The lowest BCUT2D eigenvalue weighted by Crippen LogP contribution is -2.45. The summed E-state index contributed by atoms with van der Waals surface area (Å²) in [5, 5.41) is 11.7. The Balaban J connectivity index is 1.81. The van der Waals surface area contributed by atoms with Crippen LogP contribution in [0, 0.1) is 0 Å². The van der Waals surface area contributed by atoms with E-state index in [1.807, 2.05) is 16.3 Å². The summed E-state index contributed by atoms with van der Waals surface area (Å²) in [7, 11) is 1.65. The van der Waals surface area contributed by atoms with Crippen molar-refractivity contribution < 1.29 is 14.7 Å². The van der Waals surface area contributed by atoms with Crippen LogP contribution in [-0.2, 0) is 9.59 Å². The van der Waals surface area contributed by atoms with Gasteiger partial charge in [0, 0.05) is 20.1 Å². The Bertz CT molecular complexity index is 732. The van der Waals surface area contributed by atoms with Crippen molar-refractivity contribution in [3.05, 3.63) is 17.8 Å². The maximum Gasteiger partial charge on any atom is 0.305 e. The van der Waals surface area contributed by atoms with Crippen LogP contribution in [0.3, 0.4) is 0 Å². The van der Waals surface area contributed by atoms with Crippen molar-refractivity contribution in [2.24, 2.45) is 0 Å². The van der Waals surface area contributed by atoms with E-state index in [1.165, 1.54) is 11.2 Å². The van der Waals surface area contributed by atoms with E-state index in [0.29, 0.717) is 0 Å². The van der Waals surface area contributed by atoms with Crippen LogP contribution in [0.25, 0.3) is 10.2 Å². The Labute approximate surface area is 137 Å². The lowest BCUT2D eigenvalue weighted by atomic mass is 10.2. The van der Waals surface area contributed by atoms with E-state index in [-0.39, 0.29) is 24.9 Å². The summed E-state index contributed by atoms with van der Waals surface area (Å²) in [5.74, 6) is -0.159. The third-order valence-electron chi connectivity index (χ3n) is 4.09. The number of fused-ring (bicyclic) bond motifs is 1. The zero-order valence-electron chi connectivity index (χ0n) is 12.8. The van der Waals surface area contributed by atoms with Gasteiger partial charge in [-0.2, -0.15) is 0 Å². The van der Waals surface area contributed by atoms with Crippen molar-refractivity contribution in [3.63, 3.8) is 0 Å². The first-order chi connectivity index (χ1) is 11.1. The van der Waals surface area contributed by atoms with E-state index in [9.17, 15) is 9.59 Å². The molecule has 0 radical (unpaired) electrons. The second-order valence-electron chi connectivity index (χ2n) is 5.59. The largest absolute Gasteiger partial charge is 0.481 e. The molecule has 1 aliphatic heterocycles. The summed E-state index contributed by atoms with van der Waals surface area (Å²) in [6, 6.07) is 1.69. The highest BCUT2D eigenvalue weighted by Crippen LogP contribution is 2.32. The topological polar surface area (TPSA) is 86.6 Å². The predicted molar refractivity (Wildman–Crippen MR) is 87.7 cm³/mol. The molecule has 1 saturated heterocycles. The molecule has 0 bridgehead atoms. The minimum atomic E-state index is -0.899. The van der Waals surface area contributed by atoms with Gasteiger partial charge in [0.05, 0.1) is 11.8 Å². The van der Waals surface area contributed by atoms with E-state index < -0.39 is 5.97 Å². The summed E-state index contributed by atoms with van der Waals surface area (Å²) in [4.78, 5) is 36.4. The van der Waals surface area contributed by atoms with E-state index in [4.69, 9.17) is 5.11 Å². The molecule has 3 rings (SSSR count). The highest BCUT2D eigenvalue weighted by Gasteiger charge is 2.34. The van der Waals surface area contributed by atoms with Crippen LogP contribution in [0.4, 0.5) is 5.82 Å². The monoisotopic (exact) mass is 334 g/mol. The van der Waals surface area contributed by atoms with Crippen molar-refractivity contribution in [1.82, 2.24) is 14.9 Å². The molecule has 0 saturated carbocycles. The van der Waals surface area contributed by atoms with Crippen LogP contribution < -0.4 is 4.90 Å². The average Bonchev–Trinajstić information content (AvgIpc) is 3.19. The molecular formula is C15H18N4O3S. The number of thiophene rings is 1. The van der Waals surface area contributed by atoms with Crippen LogP contribution in [-0.4, -0.2) is 58.0 Å². The number of likely N-dealkylation sites (N-methyl/N-ethyl adjacent to an activating group) is 1. The molecule has 3 heterocycles. The van der Waals surface area contributed by atoms with E-state index in [1.54, 1.807) is 18.4 Å². The minimum absolute atomic E-state index is 0.0444. The molecule has 8 heteroatoms. The molecule has 0 spiro atoms. The third-order valence-corrected chi connectivity index (χ3v) is 4.91. The molecule has 2 aromatic rings. The number of carboxylic acid groups (broad SMARTS) is 1. The maximum atomic E-state index is 12.7.